The number of nitrogens with zero attached hydrogens (tertiary/aromatic N) is 2. The summed E-state index contributed by atoms with van der Waals surface area (Å²) in [5.41, 5.74) is 2.29. The van der Waals surface area contributed by atoms with E-state index in [9.17, 15) is 9.90 Å². The number of aromatic nitrogens is 2. The molecule has 0 fully saturated rings. The van der Waals surface area contributed by atoms with Crippen molar-refractivity contribution in [3.63, 3.8) is 0 Å². The summed E-state index contributed by atoms with van der Waals surface area (Å²) in [6, 6.07) is 9.68. The first-order valence-electron chi connectivity index (χ1n) is 6.29. The van der Waals surface area contributed by atoms with Crippen LogP contribution in [0.5, 0.6) is 5.75 Å². The van der Waals surface area contributed by atoms with Gasteiger partial charge in [0.1, 0.15) is 17.1 Å². The number of pyridine rings is 1. The number of fused-ring (bicyclic) bond motifs is 1. The molecular weight excluding hydrogens is 290 g/mol. The molecule has 3 rings (SSSR count). The monoisotopic (exact) mass is 301 g/mol. The number of nitrogens with one attached hydrogen (secondary N) is 1. The van der Waals surface area contributed by atoms with Crippen LogP contribution in [0.1, 0.15) is 16.2 Å². The van der Waals surface area contributed by atoms with Crippen molar-refractivity contribution in [2.45, 2.75) is 6.92 Å². The molecule has 0 unspecified atom stereocenters. The summed E-state index contributed by atoms with van der Waals surface area (Å²) >= 11 is 5.93. The Morgan fingerprint density at radius 2 is 2.00 bits per heavy atom. The van der Waals surface area contributed by atoms with Crippen LogP contribution >= 0.6 is 11.6 Å². The minimum atomic E-state index is -0.270. The summed E-state index contributed by atoms with van der Waals surface area (Å²) in [6.45, 7) is 1.77. The van der Waals surface area contributed by atoms with Crippen molar-refractivity contribution >= 4 is 28.8 Å². The molecule has 21 heavy (non-hydrogen) atoms. The third kappa shape index (κ3) is 2.55. The SMILES string of the molecule is Cc1nc2cc(Cl)ccn2c1C(=O)Nc1ccc(O)cc1. The normalized spacial score (nSPS) is 10.8. The first-order valence-corrected chi connectivity index (χ1v) is 6.67. The number of aromatic hydroxyl groups is 1. The van der Waals surface area contributed by atoms with Gasteiger partial charge in [-0.15, -0.1) is 0 Å². The molecule has 6 heteroatoms. The van der Waals surface area contributed by atoms with Crippen LogP contribution in [0.3, 0.4) is 0 Å². The van der Waals surface area contributed by atoms with Crippen LogP contribution < -0.4 is 5.32 Å². The molecule has 0 aliphatic carbocycles. The maximum Gasteiger partial charge on any atom is 0.274 e. The molecule has 0 saturated heterocycles. The van der Waals surface area contributed by atoms with Gasteiger partial charge in [0.25, 0.3) is 5.91 Å². The Kier molecular flexibility index (Phi) is 3.27. The van der Waals surface area contributed by atoms with Crippen LogP contribution in [0.25, 0.3) is 5.65 Å². The van der Waals surface area contributed by atoms with Crippen LogP contribution in [-0.2, 0) is 0 Å². The van der Waals surface area contributed by atoms with E-state index in [1.165, 1.54) is 12.1 Å². The molecule has 0 aliphatic rings. The second-order valence-corrected chi connectivity index (χ2v) is 5.06. The molecule has 106 valence electrons. The number of phenols is 1. The van der Waals surface area contributed by atoms with Crippen LogP contribution in [0.15, 0.2) is 42.6 Å². The number of phenolic OH excluding ortho intramolecular Hbond substituents is 1. The highest BCUT2D eigenvalue weighted by atomic mass is 35.5. The summed E-state index contributed by atoms with van der Waals surface area (Å²) in [7, 11) is 0. The molecule has 1 aromatic carbocycles. The smallest absolute Gasteiger partial charge is 0.274 e. The number of hydrogen-bond acceptors (Lipinski definition) is 3. The summed E-state index contributed by atoms with van der Waals surface area (Å²) in [5.74, 6) is -0.123. The van der Waals surface area contributed by atoms with E-state index in [1.54, 1.807) is 41.8 Å². The van der Waals surface area contributed by atoms with Gasteiger partial charge in [0.05, 0.1) is 5.69 Å². The highest BCUT2D eigenvalue weighted by Crippen LogP contribution is 2.19. The molecule has 2 N–H and O–H groups in total. The number of carbonyl (C=O) groups is 1. The molecule has 5 nitrogen and oxygen atoms in total. The Labute approximate surface area is 125 Å². The summed E-state index contributed by atoms with van der Waals surface area (Å²) in [5, 5.41) is 12.6. The van der Waals surface area contributed by atoms with E-state index < -0.39 is 0 Å². The Morgan fingerprint density at radius 1 is 1.29 bits per heavy atom. The third-order valence-electron chi connectivity index (χ3n) is 3.10. The van der Waals surface area contributed by atoms with Gasteiger partial charge in [0, 0.05) is 23.0 Å². The van der Waals surface area contributed by atoms with Crippen molar-refractivity contribution in [3.8, 4) is 5.75 Å². The third-order valence-corrected chi connectivity index (χ3v) is 3.34. The van der Waals surface area contributed by atoms with E-state index in [1.807, 2.05) is 0 Å². The number of rotatable bonds is 2. The van der Waals surface area contributed by atoms with E-state index in [4.69, 9.17) is 11.6 Å². The van der Waals surface area contributed by atoms with Gasteiger partial charge in [-0.05, 0) is 37.3 Å². The molecule has 1 amide bonds. The molecule has 3 aromatic rings. The number of amides is 1. The van der Waals surface area contributed by atoms with Gasteiger partial charge in [-0.25, -0.2) is 4.98 Å². The van der Waals surface area contributed by atoms with Crippen molar-refractivity contribution < 1.29 is 9.90 Å². The maximum atomic E-state index is 12.4. The number of carbonyl (C=O) groups excluding carboxylic acids is 1. The van der Waals surface area contributed by atoms with Crippen molar-refractivity contribution in [3.05, 3.63) is 59.0 Å². The van der Waals surface area contributed by atoms with Crippen molar-refractivity contribution in [2.24, 2.45) is 0 Å². The van der Waals surface area contributed by atoms with Crippen molar-refractivity contribution in [2.75, 3.05) is 5.32 Å². The van der Waals surface area contributed by atoms with Gasteiger partial charge in [0.2, 0.25) is 0 Å². The molecule has 0 spiro atoms. The van der Waals surface area contributed by atoms with E-state index in [0.29, 0.717) is 27.7 Å². The highest BCUT2D eigenvalue weighted by molar-refractivity contribution is 6.30. The zero-order valence-electron chi connectivity index (χ0n) is 11.2. The van der Waals surface area contributed by atoms with Crippen molar-refractivity contribution in [1.82, 2.24) is 9.38 Å². The van der Waals surface area contributed by atoms with E-state index in [-0.39, 0.29) is 11.7 Å². The quantitative estimate of drug-likeness (QED) is 0.714. The standard InChI is InChI=1S/C15H12ClN3O2/c1-9-14(19-7-6-10(16)8-13(19)17-9)15(21)18-11-2-4-12(20)5-3-11/h2-8,20H,1H3,(H,18,21). The number of benzene rings is 1. The van der Waals surface area contributed by atoms with E-state index in [2.05, 4.69) is 10.3 Å². The Hall–Kier alpha value is -2.53. The fourth-order valence-corrected chi connectivity index (χ4v) is 2.30. The lowest BCUT2D eigenvalue weighted by molar-refractivity contribution is 0.102. The minimum Gasteiger partial charge on any atom is -0.508 e. The predicted octanol–water partition coefficient (Wildman–Crippen LogP) is 3.25. The Morgan fingerprint density at radius 3 is 2.71 bits per heavy atom. The first kappa shape index (κ1) is 13.5. The average Bonchev–Trinajstić information content (AvgIpc) is 2.76. The number of imidazole rings is 1. The number of halogens is 1. The van der Waals surface area contributed by atoms with Gasteiger partial charge < -0.3 is 10.4 Å². The van der Waals surface area contributed by atoms with Gasteiger partial charge in [-0.2, -0.15) is 0 Å². The Balaban J connectivity index is 1.97. The molecule has 0 aliphatic heterocycles. The maximum absolute atomic E-state index is 12.4. The lowest BCUT2D eigenvalue weighted by Crippen LogP contribution is -2.15. The molecule has 2 heterocycles. The van der Waals surface area contributed by atoms with Gasteiger partial charge >= 0.3 is 0 Å². The largest absolute Gasteiger partial charge is 0.508 e. The van der Waals surface area contributed by atoms with Gasteiger partial charge in [0.15, 0.2) is 0 Å². The molecule has 0 atom stereocenters. The summed E-state index contributed by atoms with van der Waals surface area (Å²) in [4.78, 5) is 16.7. The van der Waals surface area contributed by atoms with Crippen LogP contribution in [-0.4, -0.2) is 20.4 Å². The molecular formula is C15H12ClN3O2. The van der Waals surface area contributed by atoms with E-state index >= 15 is 0 Å². The van der Waals surface area contributed by atoms with Gasteiger partial charge in [-0.3, -0.25) is 9.20 Å². The van der Waals surface area contributed by atoms with E-state index in [0.717, 1.165) is 0 Å². The molecule has 0 bridgehead atoms. The van der Waals surface area contributed by atoms with Crippen LogP contribution in [0.4, 0.5) is 5.69 Å². The number of anilines is 1. The zero-order chi connectivity index (χ0) is 15.0. The number of hydrogen-bond donors (Lipinski definition) is 2. The summed E-state index contributed by atoms with van der Waals surface area (Å²) in [6.07, 6.45) is 1.71. The Bertz CT molecular complexity index is 825. The van der Waals surface area contributed by atoms with Gasteiger partial charge in [-0.1, -0.05) is 11.6 Å². The predicted molar refractivity (Wildman–Crippen MR) is 81.0 cm³/mol. The van der Waals surface area contributed by atoms with Crippen LogP contribution in [0.2, 0.25) is 5.02 Å². The second-order valence-electron chi connectivity index (χ2n) is 4.62. The highest BCUT2D eigenvalue weighted by Gasteiger charge is 2.16. The number of aryl methyl sites for hydroxylation is 1. The topological polar surface area (TPSA) is 66.6 Å². The molecule has 0 saturated carbocycles. The second kappa shape index (κ2) is 5.10. The summed E-state index contributed by atoms with van der Waals surface area (Å²) < 4.78 is 1.69. The molecule has 0 radical (unpaired) electrons. The lowest BCUT2D eigenvalue weighted by Gasteiger charge is -2.06. The van der Waals surface area contributed by atoms with Crippen LogP contribution in [0, 0.1) is 6.92 Å². The van der Waals surface area contributed by atoms with Crippen molar-refractivity contribution in [1.29, 1.82) is 0 Å². The first-order chi connectivity index (χ1) is 10.0. The minimum absolute atomic E-state index is 0.147. The average molecular weight is 302 g/mol. The fraction of sp³-hybridized carbons (Fsp3) is 0.0667. The molecule has 2 aromatic heterocycles. The lowest BCUT2D eigenvalue weighted by atomic mass is 10.2. The zero-order valence-corrected chi connectivity index (χ0v) is 11.9. The fourth-order valence-electron chi connectivity index (χ4n) is 2.15.